The molecular weight excluding hydrogens is 518 g/mol. The summed E-state index contributed by atoms with van der Waals surface area (Å²) in [5, 5.41) is 14.9. The zero-order valence-corrected chi connectivity index (χ0v) is 23.0. The van der Waals surface area contributed by atoms with Gasteiger partial charge in [0.15, 0.2) is 12.4 Å². The molecule has 0 amide bonds. The zero-order chi connectivity index (χ0) is 28.9. The van der Waals surface area contributed by atoms with Crippen LogP contribution in [-0.4, -0.2) is 57.7 Å². The number of anilines is 3. The molecule has 4 aromatic rings. The number of likely N-dealkylation sites (N-methyl/N-ethyl adjacent to an activating group) is 1. The number of hydrogen-bond donors (Lipinski definition) is 1. The van der Waals surface area contributed by atoms with E-state index in [1.165, 1.54) is 18.2 Å². The fraction of sp³-hybridized carbons (Fsp3) is 0.333. The summed E-state index contributed by atoms with van der Waals surface area (Å²) >= 11 is 0. The van der Waals surface area contributed by atoms with Crippen molar-refractivity contribution in [2.24, 2.45) is 5.41 Å². The topological polar surface area (TPSA) is 147 Å². The molecule has 0 fully saturated rings. The molecule has 210 valence electrons. The summed E-state index contributed by atoms with van der Waals surface area (Å²) in [6, 6.07) is 11.2. The number of ether oxygens (including phenoxy) is 3. The van der Waals surface area contributed by atoms with Crippen LogP contribution in [0.2, 0.25) is 0 Å². The summed E-state index contributed by atoms with van der Waals surface area (Å²) in [7, 11) is 3.57. The Labute approximate surface area is 230 Å². The number of hydrogen-bond acceptors (Lipinski definition) is 11. The Hall–Kier alpha value is -4.78. The first-order chi connectivity index (χ1) is 19.0. The lowest BCUT2D eigenvalue weighted by atomic mass is 9.98. The maximum atomic E-state index is 12.4. The standard InChI is InChI=1S/C27H31N7O6/c1-27(2,3)25(35)39-17-33-12-11-21-23(33)30-26(29-18-9-10-22(28-16-18)32(4)13-14-38-5)31-24(21)40-20-8-6-7-19(15-20)34(36)37/h6-12,15-16H,13-14,17H2,1-5H3,(H,29,30,31). The van der Waals surface area contributed by atoms with E-state index in [1.54, 1.807) is 57.0 Å². The van der Waals surface area contributed by atoms with E-state index < -0.39 is 10.3 Å². The fourth-order valence-corrected chi connectivity index (χ4v) is 3.55. The van der Waals surface area contributed by atoms with Crippen molar-refractivity contribution in [1.82, 2.24) is 19.5 Å². The Morgan fingerprint density at radius 1 is 1.18 bits per heavy atom. The number of fused-ring (bicyclic) bond motifs is 1. The van der Waals surface area contributed by atoms with Crippen LogP contribution in [0, 0.1) is 15.5 Å². The van der Waals surface area contributed by atoms with Crippen LogP contribution in [-0.2, 0) is 21.0 Å². The van der Waals surface area contributed by atoms with Gasteiger partial charge >= 0.3 is 5.97 Å². The van der Waals surface area contributed by atoms with Gasteiger partial charge in [0.1, 0.15) is 11.6 Å². The van der Waals surface area contributed by atoms with Crippen LogP contribution >= 0.6 is 0 Å². The van der Waals surface area contributed by atoms with Crippen molar-refractivity contribution < 1.29 is 23.9 Å². The SMILES string of the molecule is COCCN(C)c1ccc(Nc2nc(Oc3cccc([N+](=O)[O-])c3)c3ccn(COC(=O)C(C)(C)C)c3n2)cn1. The molecule has 13 nitrogen and oxygen atoms in total. The highest BCUT2D eigenvalue weighted by atomic mass is 16.6. The number of carbonyl (C=O) groups excluding carboxylic acids is 1. The normalized spacial score (nSPS) is 11.3. The minimum absolute atomic E-state index is 0.0730. The maximum Gasteiger partial charge on any atom is 0.312 e. The lowest BCUT2D eigenvalue weighted by Gasteiger charge is -2.18. The number of benzene rings is 1. The van der Waals surface area contributed by atoms with Gasteiger partial charge in [-0.05, 0) is 45.0 Å². The largest absolute Gasteiger partial charge is 0.443 e. The Morgan fingerprint density at radius 3 is 2.65 bits per heavy atom. The van der Waals surface area contributed by atoms with Gasteiger partial charge < -0.3 is 24.4 Å². The van der Waals surface area contributed by atoms with E-state index in [9.17, 15) is 14.9 Å². The molecular formula is C27H31N7O6. The number of nitro groups is 1. The number of non-ortho nitro benzene ring substituents is 1. The predicted molar refractivity (Wildman–Crippen MR) is 149 cm³/mol. The fourth-order valence-electron chi connectivity index (χ4n) is 3.55. The number of rotatable bonds is 11. The Balaban J connectivity index is 1.66. The molecule has 0 aliphatic heterocycles. The lowest BCUT2D eigenvalue weighted by Crippen LogP contribution is -2.24. The van der Waals surface area contributed by atoms with Crippen LogP contribution < -0.4 is 15.0 Å². The second-order valence-corrected chi connectivity index (χ2v) is 9.99. The molecule has 0 aliphatic carbocycles. The Kier molecular flexibility index (Phi) is 8.43. The summed E-state index contributed by atoms with van der Waals surface area (Å²) in [5.74, 6) is 0.993. The van der Waals surface area contributed by atoms with Crippen LogP contribution in [0.15, 0.2) is 54.9 Å². The van der Waals surface area contributed by atoms with Crippen molar-refractivity contribution >= 4 is 40.1 Å². The first-order valence-corrected chi connectivity index (χ1v) is 12.4. The van der Waals surface area contributed by atoms with Crippen LogP contribution in [0.4, 0.5) is 23.1 Å². The zero-order valence-electron chi connectivity index (χ0n) is 23.0. The van der Waals surface area contributed by atoms with Crippen molar-refractivity contribution in [3.05, 3.63) is 65.0 Å². The third-order valence-corrected chi connectivity index (χ3v) is 5.80. The van der Waals surface area contributed by atoms with E-state index in [2.05, 4.69) is 20.3 Å². The highest BCUT2D eigenvalue weighted by Gasteiger charge is 2.24. The second-order valence-electron chi connectivity index (χ2n) is 9.99. The van der Waals surface area contributed by atoms with Crippen molar-refractivity contribution in [2.75, 3.05) is 37.5 Å². The summed E-state index contributed by atoms with van der Waals surface area (Å²) in [5.41, 5.74) is 0.275. The average Bonchev–Trinajstić information content (AvgIpc) is 3.33. The van der Waals surface area contributed by atoms with E-state index in [0.717, 1.165) is 5.82 Å². The number of carbonyl (C=O) groups is 1. The number of aromatic nitrogens is 4. The van der Waals surface area contributed by atoms with E-state index in [1.807, 2.05) is 24.1 Å². The molecule has 0 saturated carbocycles. The van der Waals surface area contributed by atoms with Crippen molar-refractivity contribution in [3.8, 4) is 11.6 Å². The number of nitrogens with zero attached hydrogens (tertiary/aromatic N) is 6. The lowest BCUT2D eigenvalue weighted by molar-refractivity contribution is -0.384. The molecule has 0 bridgehead atoms. The van der Waals surface area contributed by atoms with Crippen molar-refractivity contribution in [3.63, 3.8) is 0 Å². The minimum Gasteiger partial charge on any atom is -0.443 e. The van der Waals surface area contributed by atoms with Crippen LogP contribution in [0.1, 0.15) is 20.8 Å². The van der Waals surface area contributed by atoms with E-state index in [-0.39, 0.29) is 36.0 Å². The van der Waals surface area contributed by atoms with E-state index >= 15 is 0 Å². The van der Waals surface area contributed by atoms with Gasteiger partial charge in [0, 0.05) is 33.0 Å². The number of nitrogens with one attached hydrogen (secondary N) is 1. The molecule has 0 aliphatic rings. The molecule has 0 radical (unpaired) electrons. The molecule has 0 saturated heterocycles. The summed E-state index contributed by atoms with van der Waals surface area (Å²) in [6.07, 6.45) is 3.35. The number of nitro benzene ring substituents is 1. The Bertz CT molecular complexity index is 1500. The average molecular weight is 550 g/mol. The van der Waals surface area contributed by atoms with Crippen LogP contribution in [0.3, 0.4) is 0 Å². The van der Waals surface area contributed by atoms with Gasteiger partial charge in [0.2, 0.25) is 11.8 Å². The summed E-state index contributed by atoms with van der Waals surface area (Å²) in [6.45, 7) is 6.50. The first kappa shape index (κ1) is 28.2. The monoisotopic (exact) mass is 549 g/mol. The molecule has 0 spiro atoms. The molecule has 4 rings (SSSR count). The number of pyridine rings is 1. The van der Waals surface area contributed by atoms with Gasteiger partial charge in [0.25, 0.3) is 5.69 Å². The van der Waals surface area contributed by atoms with Crippen molar-refractivity contribution in [2.45, 2.75) is 27.5 Å². The summed E-state index contributed by atoms with van der Waals surface area (Å²) < 4.78 is 18.2. The molecule has 3 aromatic heterocycles. The molecule has 0 unspecified atom stereocenters. The molecule has 3 heterocycles. The Morgan fingerprint density at radius 2 is 1.98 bits per heavy atom. The minimum atomic E-state index is -0.669. The molecule has 13 heteroatoms. The smallest absolute Gasteiger partial charge is 0.312 e. The highest BCUT2D eigenvalue weighted by molar-refractivity contribution is 5.83. The van der Waals surface area contributed by atoms with Gasteiger partial charge in [-0.25, -0.2) is 4.98 Å². The maximum absolute atomic E-state index is 12.4. The number of methoxy groups -OCH3 is 1. The molecule has 1 aromatic carbocycles. The quantitative estimate of drug-likeness (QED) is 0.155. The predicted octanol–water partition coefficient (Wildman–Crippen LogP) is 4.90. The molecule has 0 atom stereocenters. The molecule has 40 heavy (non-hydrogen) atoms. The van der Waals surface area contributed by atoms with Gasteiger partial charge in [0.05, 0.1) is 40.3 Å². The third kappa shape index (κ3) is 6.80. The number of esters is 1. The van der Waals surface area contributed by atoms with Gasteiger partial charge in [-0.1, -0.05) is 6.07 Å². The van der Waals surface area contributed by atoms with Gasteiger partial charge in [-0.15, -0.1) is 0 Å². The van der Waals surface area contributed by atoms with Gasteiger partial charge in [-0.3, -0.25) is 19.5 Å². The van der Waals surface area contributed by atoms with Crippen LogP contribution in [0.5, 0.6) is 11.6 Å². The molecule has 1 N–H and O–H groups in total. The van der Waals surface area contributed by atoms with Gasteiger partial charge in [-0.2, -0.15) is 9.97 Å². The second kappa shape index (κ2) is 11.9. The van der Waals surface area contributed by atoms with Crippen molar-refractivity contribution in [1.29, 1.82) is 0 Å². The van der Waals surface area contributed by atoms with E-state index in [4.69, 9.17) is 14.2 Å². The van der Waals surface area contributed by atoms with E-state index in [0.29, 0.717) is 29.9 Å². The first-order valence-electron chi connectivity index (χ1n) is 12.4. The third-order valence-electron chi connectivity index (χ3n) is 5.80. The summed E-state index contributed by atoms with van der Waals surface area (Å²) in [4.78, 5) is 38.7. The highest BCUT2D eigenvalue weighted by Crippen LogP contribution is 2.32. The van der Waals surface area contributed by atoms with Crippen LogP contribution in [0.25, 0.3) is 11.0 Å².